The highest BCUT2D eigenvalue weighted by Gasteiger charge is 2.14. The molecule has 2 aromatic carbocycles. The summed E-state index contributed by atoms with van der Waals surface area (Å²) in [7, 11) is -3.60. The second-order valence-corrected chi connectivity index (χ2v) is 7.18. The predicted molar refractivity (Wildman–Crippen MR) is 86.5 cm³/mol. The van der Waals surface area contributed by atoms with Gasteiger partial charge in [0.05, 0.1) is 23.1 Å². The van der Waals surface area contributed by atoms with Gasteiger partial charge in [0, 0.05) is 3.57 Å². The zero-order valence-electron chi connectivity index (χ0n) is 10.7. The number of anilines is 1. The van der Waals surface area contributed by atoms with Crippen LogP contribution in [-0.2, 0) is 15.8 Å². The zero-order valence-corrected chi connectivity index (χ0v) is 13.7. The van der Waals surface area contributed by atoms with Gasteiger partial charge in [-0.3, -0.25) is 4.72 Å². The van der Waals surface area contributed by atoms with Crippen LogP contribution in [0.1, 0.15) is 11.1 Å². The van der Waals surface area contributed by atoms with Crippen molar-refractivity contribution in [3.05, 3.63) is 63.0 Å². The second kappa shape index (κ2) is 6.41. The molecule has 0 amide bonds. The summed E-state index contributed by atoms with van der Waals surface area (Å²) in [4.78, 5) is 0. The highest BCUT2D eigenvalue weighted by Crippen LogP contribution is 2.21. The van der Waals surface area contributed by atoms with Gasteiger partial charge in [0.25, 0.3) is 0 Å². The molecule has 0 unspecified atom stereocenters. The summed E-state index contributed by atoms with van der Waals surface area (Å²) in [5, 5.41) is 8.70. The first-order valence-corrected chi connectivity index (χ1v) is 8.57. The van der Waals surface area contributed by atoms with E-state index in [9.17, 15) is 12.8 Å². The summed E-state index contributed by atoms with van der Waals surface area (Å²) in [5.74, 6) is -0.638. The van der Waals surface area contributed by atoms with Crippen LogP contribution in [0.3, 0.4) is 0 Å². The first-order chi connectivity index (χ1) is 9.89. The zero-order chi connectivity index (χ0) is 15.5. The van der Waals surface area contributed by atoms with Gasteiger partial charge in [-0.15, -0.1) is 0 Å². The molecule has 4 nitrogen and oxygen atoms in total. The van der Waals surface area contributed by atoms with Crippen LogP contribution in [0.4, 0.5) is 10.1 Å². The Morgan fingerprint density at radius 3 is 2.43 bits per heavy atom. The van der Waals surface area contributed by atoms with E-state index in [0.29, 0.717) is 20.4 Å². The number of nitriles is 1. The monoisotopic (exact) mass is 416 g/mol. The summed E-state index contributed by atoms with van der Waals surface area (Å²) in [6.45, 7) is 0. The minimum absolute atomic E-state index is 0.216. The van der Waals surface area contributed by atoms with E-state index < -0.39 is 15.8 Å². The molecular formula is C14H10FIN2O2S. The summed E-state index contributed by atoms with van der Waals surface area (Å²) in [6, 6.07) is 12.1. The van der Waals surface area contributed by atoms with Crippen LogP contribution in [0.25, 0.3) is 0 Å². The number of nitrogens with zero attached hydrogens (tertiary/aromatic N) is 1. The van der Waals surface area contributed by atoms with Gasteiger partial charge in [-0.1, -0.05) is 12.1 Å². The third kappa shape index (κ3) is 4.41. The fourth-order valence-corrected chi connectivity index (χ4v) is 3.68. The molecule has 0 atom stereocenters. The van der Waals surface area contributed by atoms with Gasteiger partial charge in [-0.05, 0) is 58.5 Å². The molecule has 0 radical (unpaired) electrons. The Kier molecular flexibility index (Phi) is 4.80. The molecule has 0 bridgehead atoms. The van der Waals surface area contributed by atoms with E-state index in [-0.39, 0.29) is 5.75 Å². The van der Waals surface area contributed by atoms with Crippen LogP contribution in [0, 0.1) is 20.7 Å². The molecule has 7 heteroatoms. The largest absolute Gasteiger partial charge is 0.282 e. The average Bonchev–Trinajstić information content (AvgIpc) is 2.42. The van der Waals surface area contributed by atoms with Crippen molar-refractivity contribution in [2.75, 3.05) is 4.72 Å². The lowest BCUT2D eigenvalue weighted by molar-refractivity contribution is 0.600. The first-order valence-electron chi connectivity index (χ1n) is 5.84. The quantitative estimate of drug-likeness (QED) is 0.779. The molecule has 0 saturated carbocycles. The molecule has 0 aromatic heterocycles. The maximum absolute atomic E-state index is 13.0. The van der Waals surface area contributed by atoms with E-state index in [4.69, 9.17) is 5.26 Å². The minimum Gasteiger partial charge on any atom is -0.282 e. The van der Waals surface area contributed by atoms with Gasteiger partial charge in [0.15, 0.2) is 0 Å². The van der Waals surface area contributed by atoms with Crippen LogP contribution in [0.2, 0.25) is 0 Å². The molecule has 0 spiro atoms. The molecule has 0 aliphatic rings. The van der Waals surface area contributed by atoms with Crippen LogP contribution in [0.5, 0.6) is 0 Å². The summed E-state index contributed by atoms with van der Waals surface area (Å²) < 4.78 is 40.1. The Labute approximate surface area is 135 Å². The van der Waals surface area contributed by atoms with E-state index in [1.807, 2.05) is 28.7 Å². The standard InChI is InChI=1S/C14H10FIN2O2S/c15-12-5-6-14(13(16)7-12)18-21(19,20)9-11-3-1-10(8-17)2-4-11/h1-7,18H,9H2. The van der Waals surface area contributed by atoms with Crippen LogP contribution in [0.15, 0.2) is 42.5 Å². The molecule has 21 heavy (non-hydrogen) atoms. The highest BCUT2D eigenvalue weighted by molar-refractivity contribution is 14.1. The van der Waals surface area contributed by atoms with Gasteiger partial charge in [-0.25, -0.2) is 12.8 Å². The Bertz CT molecular complexity index is 799. The maximum Gasteiger partial charge on any atom is 0.236 e. The number of hydrogen-bond acceptors (Lipinski definition) is 3. The molecule has 1 N–H and O–H groups in total. The minimum atomic E-state index is -3.60. The van der Waals surface area contributed by atoms with Crippen molar-refractivity contribution < 1.29 is 12.8 Å². The lowest BCUT2D eigenvalue weighted by Crippen LogP contribution is -2.15. The SMILES string of the molecule is N#Cc1ccc(CS(=O)(=O)Nc2ccc(F)cc2I)cc1. The Hall–Kier alpha value is -1.66. The number of nitrogens with one attached hydrogen (secondary N) is 1. The Balaban J connectivity index is 2.16. The molecule has 0 aliphatic heterocycles. The van der Waals surface area contributed by atoms with Crippen molar-refractivity contribution >= 4 is 38.3 Å². The van der Waals surface area contributed by atoms with Crippen LogP contribution in [-0.4, -0.2) is 8.42 Å². The Morgan fingerprint density at radius 1 is 1.19 bits per heavy atom. The molecule has 0 fully saturated rings. The van der Waals surface area contributed by atoms with E-state index in [2.05, 4.69) is 4.72 Å². The highest BCUT2D eigenvalue weighted by atomic mass is 127. The second-order valence-electron chi connectivity index (χ2n) is 4.29. The van der Waals surface area contributed by atoms with Crippen molar-refractivity contribution in [2.24, 2.45) is 0 Å². The van der Waals surface area contributed by atoms with Gasteiger partial charge in [-0.2, -0.15) is 5.26 Å². The van der Waals surface area contributed by atoms with Crippen LogP contribution < -0.4 is 4.72 Å². The number of benzene rings is 2. The van der Waals surface area contributed by atoms with Crippen molar-refractivity contribution in [3.8, 4) is 6.07 Å². The summed E-state index contributed by atoms with van der Waals surface area (Å²) in [6.07, 6.45) is 0. The Morgan fingerprint density at radius 2 is 1.86 bits per heavy atom. The number of halogens is 2. The fourth-order valence-electron chi connectivity index (χ4n) is 1.67. The molecule has 2 aromatic rings. The fraction of sp³-hybridized carbons (Fsp3) is 0.0714. The summed E-state index contributed by atoms with van der Waals surface area (Å²) in [5.41, 5.74) is 1.38. The van der Waals surface area contributed by atoms with Crippen LogP contribution >= 0.6 is 22.6 Å². The molecular weight excluding hydrogens is 406 g/mol. The lowest BCUT2D eigenvalue weighted by Gasteiger charge is -2.10. The maximum atomic E-state index is 13.0. The topological polar surface area (TPSA) is 70.0 Å². The molecule has 0 heterocycles. The third-order valence-corrected chi connectivity index (χ3v) is 4.77. The van der Waals surface area contributed by atoms with Crippen molar-refractivity contribution in [2.45, 2.75) is 5.75 Å². The normalized spacial score (nSPS) is 10.9. The number of rotatable bonds is 4. The van der Waals surface area contributed by atoms with Gasteiger partial charge in [0.1, 0.15) is 5.82 Å². The first kappa shape index (κ1) is 15.7. The molecule has 0 aliphatic carbocycles. The smallest absolute Gasteiger partial charge is 0.236 e. The summed E-state index contributed by atoms with van der Waals surface area (Å²) >= 11 is 1.86. The lowest BCUT2D eigenvalue weighted by atomic mass is 10.2. The van der Waals surface area contributed by atoms with Crippen molar-refractivity contribution in [3.63, 3.8) is 0 Å². The molecule has 2 rings (SSSR count). The number of hydrogen-bond donors (Lipinski definition) is 1. The molecule has 108 valence electrons. The average molecular weight is 416 g/mol. The van der Waals surface area contributed by atoms with Gasteiger partial charge in [0.2, 0.25) is 10.0 Å². The predicted octanol–water partition coefficient (Wildman–Crippen LogP) is 3.24. The van der Waals surface area contributed by atoms with E-state index in [1.165, 1.54) is 18.2 Å². The van der Waals surface area contributed by atoms with Gasteiger partial charge >= 0.3 is 0 Å². The number of sulfonamides is 1. The van der Waals surface area contributed by atoms with Gasteiger partial charge < -0.3 is 0 Å². The van der Waals surface area contributed by atoms with E-state index in [1.54, 1.807) is 24.3 Å². The van der Waals surface area contributed by atoms with E-state index in [0.717, 1.165) is 0 Å². The third-order valence-electron chi connectivity index (χ3n) is 2.64. The van der Waals surface area contributed by atoms with Crippen molar-refractivity contribution in [1.29, 1.82) is 5.26 Å². The van der Waals surface area contributed by atoms with E-state index >= 15 is 0 Å². The van der Waals surface area contributed by atoms with Crippen molar-refractivity contribution in [1.82, 2.24) is 0 Å². The molecule has 0 saturated heterocycles.